The number of benzene rings is 2. The Morgan fingerprint density at radius 2 is 1.64 bits per heavy atom. The van der Waals surface area contributed by atoms with Crippen LogP contribution in [0.1, 0.15) is 15.9 Å². The first-order valence-electron chi connectivity index (χ1n) is 7.14. The summed E-state index contributed by atoms with van der Waals surface area (Å²) in [6, 6.07) is 14.2. The van der Waals surface area contributed by atoms with Crippen molar-refractivity contribution in [3.8, 4) is 0 Å². The van der Waals surface area contributed by atoms with Gasteiger partial charge in [0, 0.05) is 17.7 Å². The average molecular weight is 358 g/mol. The molecule has 25 heavy (non-hydrogen) atoms. The molecular formula is C16H14N4O4S. The lowest BCUT2D eigenvalue weighted by Crippen LogP contribution is -2.48. The third-order valence-corrected chi connectivity index (χ3v) is 3.29. The van der Waals surface area contributed by atoms with E-state index in [2.05, 4.69) is 16.2 Å². The SMILES string of the molecule is O=C(Cc1ccccc1)NNC(=S)NC(=O)c1ccc([N+](=O)[O-])cc1. The lowest BCUT2D eigenvalue weighted by molar-refractivity contribution is -0.384. The third-order valence-electron chi connectivity index (χ3n) is 3.09. The Hall–Kier alpha value is -3.33. The van der Waals surface area contributed by atoms with Gasteiger partial charge in [-0.2, -0.15) is 0 Å². The zero-order chi connectivity index (χ0) is 18.2. The Bertz CT molecular complexity index is 794. The van der Waals surface area contributed by atoms with Gasteiger partial charge in [0.25, 0.3) is 11.6 Å². The summed E-state index contributed by atoms with van der Waals surface area (Å²) in [5.41, 5.74) is 5.72. The average Bonchev–Trinajstić information content (AvgIpc) is 2.61. The van der Waals surface area contributed by atoms with E-state index in [9.17, 15) is 19.7 Å². The largest absolute Gasteiger partial charge is 0.298 e. The van der Waals surface area contributed by atoms with Gasteiger partial charge in [0.1, 0.15) is 0 Å². The molecule has 0 radical (unpaired) electrons. The van der Waals surface area contributed by atoms with Crippen LogP contribution in [0.5, 0.6) is 0 Å². The van der Waals surface area contributed by atoms with E-state index < -0.39 is 10.8 Å². The molecular weight excluding hydrogens is 344 g/mol. The van der Waals surface area contributed by atoms with Crippen LogP contribution in [0.3, 0.4) is 0 Å². The highest BCUT2D eigenvalue weighted by molar-refractivity contribution is 7.80. The smallest absolute Gasteiger partial charge is 0.269 e. The van der Waals surface area contributed by atoms with Crippen LogP contribution >= 0.6 is 12.2 Å². The lowest BCUT2D eigenvalue weighted by Gasteiger charge is -2.10. The van der Waals surface area contributed by atoms with Gasteiger partial charge in [0.05, 0.1) is 11.3 Å². The van der Waals surface area contributed by atoms with Crippen LogP contribution in [0.15, 0.2) is 54.6 Å². The molecule has 0 aromatic heterocycles. The molecule has 0 aliphatic carbocycles. The number of rotatable bonds is 4. The van der Waals surface area contributed by atoms with Crippen LogP contribution < -0.4 is 16.2 Å². The maximum absolute atomic E-state index is 12.0. The van der Waals surface area contributed by atoms with Crippen molar-refractivity contribution in [1.29, 1.82) is 0 Å². The van der Waals surface area contributed by atoms with E-state index in [1.807, 2.05) is 30.3 Å². The molecule has 0 unspecified atom stereocenters. The number of hydrogen-bond acceptors (Lipinski definition) is 5. The number of carbonyl (C=O) groups excluding carboxylic acids is 2. The fourth-order valence-electron chi connectivity index (χ4n) is 1.89. The van der Waals surface area contributed by atoms with Crippen molar-refractivity contribution in [2.45, 2.75) is 6.42 Å². The minimum absolute atomic E-state index is 0.0928. The van der Waals surface area contributed by atoms with E-state index in [1.165, 1.54) is 24.3 Å². The number of nitro benzene ring substituents is 1. The van der Waals surface area contributed by atoms with E-state index in [0.717, 1.165) is 5.56 Å². The van der Waals surface area contributed by atoms with E-state index in [0.29, 0.717) is 0 Å². The quantitative estimate of drug-likeness (QED) is 0.433. The predicted octanol–water partition coefficient (Wildman–Crippen LogP) is 1.47. The molecule has 0 heterocycles. The van der Waals surface area contributed by atoms with Gasteiger partial charge in [0.15, 0.2) is 5.11 Å². The molecule has 0 spiro atoms. The first kappa shape index (κ1) is 18.0. The van der Waals surface area contributed by atoms with Crippen LogP contribution in [-0.4, -0.2) is 21.9 Å². The second-order valence-electron chi connectivity index (χ2n) is 4.92. The summed E-state index contributed by atoms with van der Waals surface area (Å²) in [4.78, 5) is 33.7. The topological polar surface area (TPSA) is 113 Å². The van der Waals surface area contributed by atoms with Crippen LogP contribution in [0.2, 0.25) is 0 Å². The normalized spacial score (nSPS) is 9.76. The number of thiocarbonyl (C=S) groups is 1. The standard InChI is InChI=1S/C16H14N4O4S/c21-14(10-11-4-2-1-3-5-11)18-19-16(25)17-15(22)12-6-8-13(9-7-12)20(23)24/h1-9H,10H2,(H,18,21)(H2,17,19,22,25). The van der Waals surface area contributed by atoms with Crippen LogP contribution in [0, 0.1) is 10.1 Å². The highest BCUT2D eigenvalue weighted by Crippen LogP contribution is 2.11. The number of carbonyl (C=O) groups is 2. The Kier molecular flexibility index (Phi) is 6.13. The molecule has 2 aromatic carbocycles. The van der Waals surface area contributed by atoms with Crippen molar-refractivity contribution >= 4 is 34.8 Å². The van der Waals surface area contributed by atoms with Gasteiger partial charge in [-0.05, 0) is 29.9 Å². The van der Waals surface area contributed by atoms with Gasteiger partial charge in [-0.25, -0.2) is 0 Å². The van der Waals surface area contributed by atoms with Crippen LogP contribution in [0.4, 0.5) is 5.69 Å². The minimum Gasteiger partial charge on any atom is -0.298 e. The molecule has 0 saturated heterocycles. The first-order chi connectivity index (χ1) is 12.0. The summed E-state index contributed by atoms with van der Waals surface area (Å²) in [5, 5.41) is 12.8. The van der Waals surface area contributed by atoms with Gasteiger partial charge in [-0.1, -0.05) is 30.3 Å². The molecule has 0 aliphatic heterocycles. The van der Waals surface area contributed by atoms with E-state index >= 15 is 0 Å². The predicted molar refractivity (Wildman–Crippen MR) is 94.6 cm³/mol. The van der Waals surface area contributed by atoms with E-state index in [-0.39, 0.29) is 28.7 Å². The van der Waals surface area contributed by atoms with Gasteiger partial charge >= 0.3 is 0 Å². The summed E-state index contributed by atoms with van der Waals surface area (Å²) in [7, 11) is 0. The molecule has 3 N–H and O–H groups in total. The molecule has 0 fully saturated rings. The Morgan fingerprint density at radius 3 is 2.24 bits per heavy atom. The maximum atomic E-state index is 12.0. The third kappa shape index (κ3) is 5.66. The Morgan fingerprint density at radius 1 is 1.00 bits per heavy atom. The summed E-state index contributed by atoms with van der Waals surface area (Å²) >= 11 is 4.91. The molecule has 2 amide bonds. The molecule has 2 aromatic rings. The van der Waals surface area contributed by atoms with Crippen molar-refractivity contribution < 1.29 is 14.5 Å². The van der Waals surface area contributed by atoms with E-state index in [4.69, 9.17) is 12.2 Å². The minimum atomic E-state index is -0.559. The highest BCUT2D eigenvalue weighted by atomic mass is 32.1. The summed E-state index contributed by atoms with van der Waals surface area (Å²) in [6.45, 7) is 0. The van der Waals surface area contributed by atoms with E-state index in [1.54, 1.807) is 0 Å². The van der Waals surface area contributed by atoms with Crippen LogP contribution in [-0.2, 0) is 11.2 Å². The maximum Gasteiger partial charge on any atom is 0.269 e. The summed E-state index contributed by atoms with van der Waals surface area (Å²) in [5.74, 6) is -0.872. The molecule has 0 saturated carbocycles. The van der Waals surface area contributed by atoms with Gasteiger partial charge in [-0.15, -0.1) is 0 Å². The number of nitrogens with one attached hydrogen (secondary N) is 3. The fraction of sp³-hybridized carbons (Fsp3) is 0.0625. The fourth-order valence-corrected chi connectivity index (χ4v) is 2.04. The molecule has 8 nitrogen and oxygen atoms in total. The number of amides is 2. The highest BCUT2D eigenvalue weighted by Gasteiger charge is 2.11. The summed E-state index contributed by atoms with van der Waals surface area (Å²) < 4.78 is 0. The Balaban J connectivity index is 1.80. The zero-order valence-electron chi connectivity index (χ0n) is 12.9. The molecule has 0 aliphatic rings. The molecule has 0 atom stereocenters. The first-order valence-corrected chi connectivity index (χ1v) is 7.55. The number of nitrogens with zero attached hydrogens (tertiary/aromatic N) is 1. The number of nitro groups is 1. The number of hydrazine groups is 1. The molecule has 128 valence electrons. The number of non-ortho nitro benzene ring substituents is 1. The van der Waals surface area contributed by atoms with Crippen molar-refractivity contribution in [2.75, 3.05) is 0 Å². The van der Waals surface area contributed by atoms with Gasteiger partial charge in [-0.3, -0.25) is 35.9 Å². The van der Waals surface area contributed by atoms with Gasteiger partial charge in [0.2, 0.25) is 5.91 Å². The lowest BCUT2D eigenvalue weighted by atomic mass is 10.1. The van der Waals surface area contributed by atoms with Crippen molar-refractivity contribution in [2.24, 2.45) is 0 Å². The van der Waals surface area contributed by atoms with Crippen molar-refractivity contribution in [3.63, 3.8) is 0 Å². The number of hydrogen-bond donors (Lipinski definition) is 3. The molecule has 2 rings (SSSR count). The van der Waals surface area contributed by atoms with Gasteiger partial charge < -0.3 is 0 Å². The van der Waals surface area contributed by atoms with Crippen molar-refractivity contribution in [1.82, 2.24) is 16.2 Å². The van der Waals surface area contributed by atoms with Crippen LogP contribution in [0.25, 0.3) is 0 Å². The second kappa shape index (κ2) is 8.50. The molecule has 0 bridgehead atoms. The Labute approximate surface area is 148 Å². The monoisotopic (exact) mass is 358 g/mol. The zero-order valence-corrected chi connectivity index (χ0v) is 13.7. The van der Waals surface area contributed by atoms with Crippen molar-refractivity contribution in [3.05, 3.63) is 75.8 Å². The summed E-state index contributed by atoms with van der Waals surface area (Å²) in [6.07, 6.45) is 0.159. The second-order valence-corrected chi connectivity index (χ2v) is 5.33. The molecule has 9 heteroatoms.